The molecule has 0 bridgehead atoms. The number of carbonyl (C=O) groups excluding carboxylic acids is 3. The molecule has 5 atom stereocenters. The molecule has 2 aromatic rings. The Morgan fingerprint density at radius 2 is 1.14 bits per heavy atom. The molecule has 13 heteroatoms. The standard InChI is InChI=1S/C36H51O12P/c1-5-6-7-8-9-10-11-12-13-20-25-41-34-33(43-28(3)38)32(26-42-27(2)37)45-36(35(34)44-29(4)39)48-49(40,46-30-21-16-14-17-22-30)47-31-23-18-15-19-24-31/h14-19,21-24,32-36H,5-13,20,25-26H2,1-4H3/t32-,33-,34+,35-,36-/m1/s1. The van der Waals surface area contributed by atoms with Crippen molar-refractivity contribution in [3.8, 4) is 11.5 Å². The Kier molecular flexibility index (Phi) is 17.6. The molecule has 0 aliphatic carbocycles. The summed E-state index contributed by atoms with van der Waals surface area (Å²) in [6.45, 7) is 5.67. The summed E-state index contributed by atoms with van der Waals surface area (Å²) in [5.74, 6) is -1.66. The van der Waals surface area contributed by atoms with Crippen LogP contribution in [0, 0.1) is 0 Å². The number of phosphoric ester groups is 1. The smallest absolute Gasteiger partial charge is 0.463 e. The Morgan fingerprint density at radius 3 is 1.63 bits per heavy atom. The molecule has 2 aromatic carbocycles. The fourth-order valence-corrected chi connectivity index (χ4v) is 6.66. The van der Waals surface area contributed by atoms with Gasteiger partial charge in [-0.3, -0.25) is 14.4 Å². The lowest BCUT2D eigenvalue weighted by atomic mass is 9.98. The highest BCUT2D eigenvalue weighted by Gasteiger charge is 2.54. The first-order valence-corrected chi connectivity index (χ1v) is 18.6. The molecule has 0 N–H and O–H groups in total. The monoisotopic (exact) mass is 706 g/mol. The fourth-order valence-electron chi connectivity index (χ4n) is 5.36. The predicted molar refractivity (Wildman–Crippen MR) is 181 cm³/mol. The van der Waals surface area contributed by atoms with Gasteiger partial charge in [-0.05, 0) is 30.7 Å². The van der Waals surface area contributed by atoms with Crippen LogP contribution in [0.15, 0.2) is 60.7 Å². The van der Waals surface area contributed by atoms with Crippen LogP contribution >= 0.6 is 7.82 Å². The molecule has 1 heterocycles. The fraction of sp³-hybridized carbons (Fsp3) is 0.583. The lowest BCUT2D eigenvalue weighted by Gasteiger charge is -2.44. The van der Waals surface area contributed by atoms with E-state index in [-0.39, 0.29) is 24.7 Å². The van der Waals surface area contributed by atoms with Gasteiger partial charge in [0, 0.05) is 27.4 Å². The second kappa shape index (κ2) is 21.6. The summed E-state index contributed by atoms with van der Waals surface area (Å²) in [5.41, 5.74) is 0. The summed E-state index contributed by atoms with van der Waals surface area (Å²) in [6, 6.07) is 16.5. The number of hydrogen-bond acceptors (Lipinski definition) is 12. The maximum absolute atomic E-state index is 14.4. The molecule has 1 aliphatic heterocycles. The van der Waals surface area contributed by atoms with E-state index in [4.69, 9.17) is 37.3 Å². The van der Waals surface area contributed by atoms with E-state index < -0.39 is 56.4 Å². The molecule has 3 rings (SSSR count). The van der Waals surface area contributed by atoms with Crippen LogP contribution in [0.5, 0.6) is 11.5 Å². The maximum Gasteiger partial charge on any atom is 0.590 e. The number of phosphoric acid groups is 1. The molecule has 1 aliphatic rings. The largest absolute Gasteiger partial charge is 0.590 e. The van der Waals surface area contributed by atoms with E-state index in [1.807, 2.05) is 0 Å². The summed E-state index contributed by atoms with van der Waals surface area (Å²) in [7, 11) is -4.59. The predicted octanol–water partition coefficient (Wildman–Crippen LogP) is 7.73. The van der Waals surface area contributed by atoms with Crippen LogP contribution in [0.1, 0.15) is 91.9 Å². The number of unbranched alkanes of at least 4 members (excludes halogenated alkanes) is 9. The number of esters is 3. The molecule has 0 unspecified atom stereocenters. The second-order valence-corrected chi connectivity index (χ2v) is 13.3. The number of rotatable bonds is 22. The van der Waals surface area contributed by atoms with Gasteiger partial charge in [0.05, 0.1) is 0 Å². The molecule has 49 heavy (non-hydrogen) atoms. The van der Waals surface area contributed by atoms with Crippen molar-refractivity contribution >= 4 is 25.7 Å². The Balaban J connectivity index is 1.85. The quantitative estimate of drug-likeness (QED) is 0.0512. The molecule has 1 saturated heterocycles. The van der Waals surface area contributed by atoms with Gasteiger partial charge in [-0.15, -0.1) is 0 Å². The van der Waals surface area contributed by atoms with Gasteiger partial charge in [0.25, 0.3) is 0 Å². The second-order valence-electron chi connectivity index (χ2n) is 11.9. The van der Waals surface area contributed by atoms with E-state index in [1.165, 1.54) is 59.3 Å². The van der Waals surface area contributed by atoms with Crippen molar-refractivity contribution in [1.82, 2.24) is 0 Å². The maximum atomic E-state index is 14.4. The van der Waals surface area contributed by atoms with Gasteiger partial charge in [-0.2, -0.15) is 0 Å². The van der Waals surface area contributed by atoms with Gasteiger partial charge in [-0.25, -0.2) is 9.09 Å². The van der Waals surface area contributed by atoms with Crippen molar-refractivity contribution in [3.63, 3.8) is 0 Å². The molecular formula is C36H51O12P. The van der Waals surface area contributed by atoms with Crippen molar-refractivity contribution in [1.29, 1.82) is 0 Å². The molecule has 0 aromatic heterocycles. The van der Waals surface area contributed by atoms with Crippen LogP contribution in [0.25, 0.3) is 0 Å². The topological polar surface area (TPSA) is 142 Å². The lowest BCUT2D eigenvalue weighted by molar-refractivity contribution is -0.295. The Labute approximate surface area is 289 Å². The van der Waals surface area contributed by atoms with E-state index in [2.05, 4.69) is 6.92 Å². The van der Waals surface area contributed by atoms with E-state index in [0.717, 1.165) is 19.3 Å². The summed E-state index contributed by atoms with van der Waals surface area (Å²) >= 11 is 0. The minimum Gasteiger partial charge on any atom is -0.463 e. The molecule has 12 nitrogen and oxygen atoms in total. The third kappa shape index (κ3) is 14.9. The zero-order valence-electron chi connectivity index (χ0n) is 29.0. The van der Waals surface area contributed by atoms with Gasteiger partial charge >= 0.3 is 25.7 Å². The molecule has 0 amide bonds. The summed E-state index contributed by atoms with van der Waals surface area (Å²) in [4.78, 5) is 36.5. The molecule has 1 fully saturated rings. The third-order valence-electron chi connectivity index (χ3n) is 7.61. The molecule has 0 saturated carbocycles. The zero-order valence-corrected chi connectivity index (χ0v) is 29.9. The van der Waals surface area contributed by atoms with Crippen molar-refractivity contribution < 1.29 is 56.2 Å². The van der Waals surface area contributed by atoms with Crippen molar-refractivity contribution in [2.45, 2.75) is 123 Å². The first-order valence-electron chi connectivity index (χ1n) is 17.1. The Hall–Kier alpha value is -3.44. The van der Waals surface area contributed by atoms with Crippen molar-refractivity contribution in [2.75, 3.05) is 13.2 Å². The zero-order chi connectivity index (χ0) is 35.5. The van der Waals surface area contributed by atoms with E-state index >= 15 is 0 Å². The average molecular weight is 707 g/mol. The summed E-state index contributed by atoms with van der Waals surface area (Å²) in [5, 5.41) is 0. The van der Waals surface area contributed by atoms with Gasteiger partial charge in [-0.1, -0.05) is 101 Å². The van der Waals surface area contributed by atoms with Crippen molar-refractivity contribution in [3.05, 3.63) is 60.7 Å². The number of carbonyl (C=O) groups is 3. The normalized spacial score (nSPS) is 20.6. The van der Waals surface area contributed by atoms with Crippen molar-refractivity contribution in [2.24, 2.45) is 0 Å². The summed E-state index contributed by atoms with van der Waals surface area (Å²) in [6.07, 6.45) is 4.63. The van der Waals surface area contributed by atoms with Gasteiger partial charge in [0.15, 0.2) is 12.2 Å². The first-order chi connectivity index (χ1) is 23.6. The SMILES string of the molecule is CCCCCCCCCCCCO[C@@H]1[C@@H](OC(C)=O)[C@@H](OP(=O)(Oc2ccccc2)Oc2ccccc2)O[C@H](COC(C)=O)[C@H]1OC(C)=O. The van der Waals surface area contributed by atoms with Gasteiger partial charge in [0.1, 0.15) is 30.3 Å². The highest BCUT2D eigenvalue weighted by Crippen LogP contribution is 2.52. The number of ether oxygens (including phenoxy) is 5. The van der Waals surface area contributed by atoms with Gasteiger partial charge in [0.2, 0.25) is 6.29 Å². The highest BCUT2D eigenvalue weighted by molar-refractivity contribution is 7.49. The minimum absolute atomic E-state index is 0.171. The van der Waals surface area contributed by atoms with Crippen LogP contribution in [0.3, 0.4) is 0 Å². The number of para-hydroxylation sites is 2. The van der Waals surface area contributed by atoms with Crippen LogP contribution in [0.2, 0.25) is 0 Å². The molecule has 0 spiro atoms. The Morgan fingerprint density at radius 1 is 0.653 bits per heavy atom. The third-order valence-corrected chi connectivity index (χ3v) is 8.94. The number of benzene rings is 2. The molecule has 0 radical (unpaired) electrons. The average Bonchev–Trinajstić information content (AvgIpc) is 3.05. The van der Waals surface area contributed by atoms with Crippen LogP contribution in [0.4, 0.5) is 0 Å². The highest BCUT2D eigenvalue weighted by atomic mass is 31.2. The minimum atomic E-state index is -4.59. The molecular weight excluding hydrogens is 655 g/mol. The molecule has 272 valence electrons. The lowest BCUT2D eigenvalue weighted by Crippen LogP contribution is -2.62. The van der Waals surface area contributed by atoms with E-state index in [9.17, 15) is 18.9 Å². The van der Waals surface area contributed by atoms with Crippen LogP contribution in [-0.4, -0.2) is 61.8 Å². The van der Waals surface area contributed by atoms with Crippen LogP contribution < -0.4 is 9.05 Å². The Bertz CT molecular complexity index is 1260. The first kappa shape index (κ1) is 40.0. The van der Waals surface area contributed by atoms with E-state index in [0.29, 0.717) is 6.42 Å². The summed E-state index contributed by atoms with van der Waals surface area (Å²) < 4.78 is 60.8. The van der Waals surface area contributed by atoms with Gasteiger partial charge < -0.3 is 32.7 Å². The van der Waals surface area contributed by atoms with E-state index in [1.54, 1.807) is 60.7 Å². The van der Waals surface area contributed by atoms with Crippen LogP contribution in [-0.2, 0) is 47.2 Å². The number of hydrogen-bond donors (Lipinski definition) is 0.